The van der Waals surface area contributed by atoms with Crippen LogP contribution in [0.15, 0.2) is 18.2 Å². The van der Waals surface area contributed by atoms with E-state index in [0.29, 0.717) is 5.92 Å². The summed E-state index contributed by atoms with van der Waals surface area (Å²) in [4.78, 5) is 2.19. The van der Waals surface area contributed by atoms with Gasteiger partial charge in [0.15, 0.2) is 0 Å². The number of rotatable bonds is 5. The van der Waals surface area contributed by atoms with E-state index in [0.717, 1.165) is 13.0 Å². The highest BCUT2D eigenvalue weighted by Crippen LogP contribution is 2.24. The van der Waals surface area contributed by atoms with E-state index in [4.69, 9.17) is 0 Å². The van der Waals surface area contributed by atoms with Gasteiger partial charge in [-0.15, -0.1) is 0 Å². The summed E-state index contributed by atoms with van der Waals surface area (Å²) in [6, 6.07) is 6.82. The molecule has 0 saturated carbocycles. The molecule has 1 aromatic carbocycles. The van der Waals surface area contributed by atoms with Gasteiger partial charge in [0.25, 0.3) is 0 Å². The molecule has 0 aliphatic carbocycles. The number of hydrogen-bond acceptors (Lipinski definition) is 2. The maximum atomic E-state index is 3.21. The van der Waals surface area contributed by atoms with Crippen LogP contribution in [0.2, 0.25) is 0 Å². The fourth-order valence-electron chi connectivity index (χ4n) is 1.86. The first-order valence-corrected chi connectivity index (χ1v) is 6.01. The zero-order valence-electron chi connectivity index (χ0n) is 11.2. The lowest BCUT2D eigenvalue weighted by atomic mass is 9.98. The number of hydrogen-bond donors (Lipinski definition) is 1. The monoisotopic (exact) mass is 220 g/mol. The number of nitrogens with zero attached hydrogens (tertiary/aromatic N) is 1. The van der Waals surface area contributed by atoms with Gasteiger partial charge in [0.2, 0.25) is 0 Å². The topological polar surface area (TPSA) is 15.3 Å². The van der Waals surface area contributed by atoms with Crippen molar-refractivity contribution in [2.75, 3.05) is 32.6 Å². The van der Waals surface area contributed by atoms with Crippen molar-refractivity contribution in [3.8, 4) is 0 Å². The molecule has 0 aliphatic heterocycles. The minimum absolute atomic E-state index is 0.601. The average molecular weight is 220 g/mol. The van der Waals surface area contributed by atoms with Crippen LogP contribution in [0.3, 0.4) is 0 Å². The minimum Gasteiger partial charge on any atom is -0.377 e. The number of anilines is 1. The van der Waals surface area contributed by atoms with Crippen molar-refractivity contribution >= 4 is 5.69 Å². The second-order valence-corrected chi connectivity index (χ2v) is 4.79. The Balaban J connectivity index is 3.01. The normalized spacial score (nSPS) is 10.9. The van der Waals surface area contributed by atoms with Gasteiger partial charge in [-0.1, -0.05) is 26.0 Å². The van der Waals surface area contributed by atoms with E-state index in [2.05, 4.69) is 56.4 Å². The predicted octanol–water partition coefficient (Wildman–Crippen LogP) is 2.64. The quantitative estimate of drug-likeness (QED) is 0.820. The highest BCUT2D eigenvalue weighted by molar-refractivity contribution is 5.54. The second-order valence-electron chi connectivity index (χ2n) is 4.79. The minimum atomic E-state index is 0.601. The fraction of sp³-hybridized carbons (Fsp3) is 0.571. The van der Waals surface area contributed by atoms with Crippen LogP contribution in [0.5, 0.6) is 0 Å². The van der Waals surface area contributed by atoms with E-state index < -0.39 is 0 Å². The zero-order chi connectivity index (χ0) is 12.1. The van der Waals surface area contributed by atoms with Gasteiger partial charge in [-0.05, 0) is 43.1 Å². The molecular weight excluding hydrogens is 196 g/mol. The number of benzene rings is 1. The zero-order valence-corrected chi connectivity index (χ0v) is 11.2. The van der Waals surface area contributed by atoms with Crippen molar-refractivity contribution < 1.29 is 0 Å². The maximum Gasteiger partial charge on any atom is 0.0394 e. The van der Waals surface area contributed by atoms with Gasteiger partial charge in [0.05, 0.1) is 0 Å². The Morgan fingerprint density at radius 3 is 2.44 bits per heavy atom. The molecule has 0 bridgehead atoms. The molecule has 0 aromatic heterocycles. The Hall–Kier alpha value is -1.02. The van der Waals surface area contributed by atoms with E-state index >= 15 is 0 Å². The lowest BCUT2D eigenvalue weighted by Crippen LogP contribution is -2.15. The van der Waals surface area contributed by atoms with Crippen LogP contribution in [0.25, 0.3) is 0 Å². The van der Waals surface area contributed by atoms with Gasteiger partial charge in [-0.3, -0.25) is 0 Å². The van der Waals surface area contributed by atoms with Crippen LogP contribution in [-0.2, 0) is 6.42 Å². The number of nitrogens with one attached hydrogen (secondary N) is 1. The van der Waals surface area contributed by atoms with Gasteiger partial charge >= 0.3 is 0 Å². The maximum absolute atomic E-state index is 3.21. The Bertz CT molecular complexity index is 330. The molecule has 0 aliphatic rings. The van der Waals surface area contributed by atoms with E-state index in [9.17, 15) is 0 Å². The highest BCUT2D eigenvalue weighted by atomic mass is 15.1. The first-order valence-electron chi connectivity index (χ1n) is 6.01. The summed E-state index contributed by atoms with van der Waals surface area (Å²) in [6.07, 6.45) is 1.09. The predicted molar refractivity (Wildman–Crippen MR) is 72.5 cm³/mol. The van der Waals surface area contributed by atoms with Crippen LogP contribution >= 0.6 is 0 Å². The fourth-order valence-corrected chi connectivity index (χ4v) is 1.86. The molecule has 0 spiro atoms. The third-order valence-electron chi connectivity index (χ3n) is 2.90. The van der Waals surface area contributed by atoms with Gasteiger partial charge in [-0.2, -0.15) is 0 Å². The van der Waals surface area contributed by atoms with Crippen molar-refractivity contribution in [3.05, 3.63) is 29.3 Å². The Labute approximate surface area is 99.7 Å². The Kier molecular flexibility index (Phi) is 4.81. The molecule has 2 heteroatoms. The molecule has 0 radical (unpaired) electrons. The van der Waals surface area contributed by atoms with E-state index in [1.54, 1.807) is 0 Å². The smallest absolute Gasteiger partial charge is 0.0394 e. The molecule has 1 N–H and O–H groups in total. The van der Waals surface area contributed by atoms with Crippen molar-refractivity contribution in [3.63, 3.8) is 0 Å². The largest absolute Gasteiger partial charge is 0.377 e. The van der Waals surface area contributed by atoms with Crippen LogP contribution in [0.1, 0.15) is 30.9 Å². The Morgan fingerprint density at radius 2 is 1.94 bits per heavy atom. The van der Waals surface area contributed by atoms with Crippen molar-refractivity contribution in [2.45, 2.75) is 26.2 Å². The molecule has 0 fully saturated rings. The molecule has 1 rings (SSSR count). The van der Waals surface area contributed by atoms with Crippen LogP contribution < -0.4 is 10.2 Å². The van der Waals surface area contributed by atoms with E-state index in [1.807, 2.05) is 7.05 Å². The summed E-state index contributed by atoms with van der Waals surface area (Å²) in [5.41, 5.74) is 4.20. The molecular formula is C14H24N2. The standard InChI is InChI=1S/C14H24N2/c1-11(2)12-6-7-14(16(4)5)13(10-12)8-9-15-3/h6-7,10-11,15H,8-9H2,1-5H3. The summed E-state index contributed by atoms with van der Waals surface area (Å²) in [5, 5.41) is 3.21. The van der Waals surface area contributed by atoms with Crippen molar-refractivity contribution in [1.29, 1.82) is 0 Å². The van der Waals surface area contributed by atoms with Crippen LogP contribution in [0.4, 0.5) is 5.69 Å². The summed E-state index contributed by atoms with van der Waals surface area (Å²) >= 11 is 0. The lowest BCUT2D eigenvalue weighted by molar-refractivity contribution is 0.785. The third kappa shape index (κ3) is 3.24. The van der Waals surface area contributed by atoms with Gasteiger partial charge in [-0.25, -0.2) is 0 Å². The lowest BCUT2D eigenvalue weighted by Gasteiger charge is -2.19. The molecule has 0 unspecified atom stereocenters. The molecule has 90 valence electrons. The van der Waals surface area contributed by atoms with Gasteiger partial charge in [0.1, 0.15) is 0 Å². The SMILES string of the molecule is CNCCc1cc(C(C)C)ccc1N(C)C. The van der Waals surface area contributed by atoms with Crippen molar-refractivity contribution in [2.24, 2.45) is 0 Å². The average Bonchev–Trinajstić information content (AvgIpc) is 2.25. The summed E-state index contributed by atoms with van der Waals surface area (Å²) in [7, 11) is 6.21. The Morgan fingerprint density at radius 1 is 1.25 bits per heavy atom. The molecule has 16 heavy (non-hydrogen) atoms. The molecule has 0 saturated heterocycles. The second kappa shape index (κ2) is 5.90. The molecule has 2 nitrogen and oxygen atoms in total. The highest BCUT2D eigenvalue weighted by Gasteiger charge is 2.07. The first kappa shape index (κ1) is 13.0. The molecule has 0 atom stereocenters. The van der Waals surface area contributed by atoms with E-state index in [1.165, 1.54) is 16.8 Å². The number of likely N-dealkylation sites (N-methyl/N-ethyl adjacent to an activating group) is 1. The van der Waals surface area contributed by atoms with E-state index in [-0.39, 0.29) is 0 Å². The van der Waals surface area contributed by atoms with Crippen molar-refractivity contribution in [1.82, 2.24) is 5.32 Å². The van der Waals surface area contributed by atoms with Crippen LogP contribution in [0, 0.1) is 0 Å². The molecule has 1 aromatic rings. The van der Waals surface area contributed by atoms with Gasteiger partial charge in [0, 0.05) is 19.8 Å². The molecule has 0 heterocycles. The first-order chi connectivity index (χ1) is 7.56. The summed E-state index contributed by atoms with van der Waals surface area (Å²) in [6.45, 7) is 5.52. The van der Waals surface area contributed by atoms with Crippen LogP contribution in [-0.4, -0.2) is 27.7 Å². The third-order valence-corrected chi connectivity index (χ3v) is 2.90. The summed E-state index contributed by atoms with van der Waals surface area (Å²) in [5.74, 6) is 0.601. The summed E-state index contributed by atoms with van der Waals surface area (Å²) < 4.78 is 0. The van der Waals surface area contributed by atoms with Gasteiger partial charge < -0.3 is 10.2 Å². The molecule has 0 amide bonds.